The highest BCUT2D eigenvalue weighted by Gasteiger charge is 2.11. The quantitative estimate of drug-likeness (QED) is 0.778. The van der Waals surface area contributed by atoms with Crippen LogP contribution in [-0.4, -0.2) is 20.8 Å². The lowest BCUT2D eigenvalue weighted by Gasteiger charge is -2.07. The predicted molar refractivity (Wildman–Crippen MR) is 72.8 cm³/mol. The first-order valence-corrected chi connectivity index (χ1v) is 5.85. The first-order chi connectivity index (χ1) is 8.97. The van der Waals surface area contributed by atoms with Gasteiger partial charge in [0.15, 0.2) is 0 Å². The van der Waals surface area contributed by atoms with Gasteiger partial charge in [-0.25, -0.2) is 0 Å². The molecule has 100 valence electrons. The topological polar surface area (TPSA) is 93.2 Å². The van der Waals surface area contributed by atoms with E-state index < -0.39 is 0 Å². The molecule has 0 unspecified atom stereocenters. The average Bonchev–Trinajstić information content (AvgIpc) is 2.57. The molecule has 0 fully saturated rings. The Balaban J connectivity index is 2.07. The largest absolute Gasteiger partial charge is 0.508 e. The Kier molecular flexibility index (Phi) is 3.41. The molecule has 2 aromatic rings. The van der Waals surface area contributed by atoms with E-state index in [4.69, 9.17) is 5.73 Å². The summed E-state index contributed by atoms with van der Waals surface area (Å²) < 4.78 is 1.56. The molecule has 19 heavy (non-hydrogen) atoms. The Hall–Kier alpha value is -2.50. The summed E-state index contributed by atoms with van der Waals surface area (Å²) in [6, 6.07) is 6.38. The van der Waals surface area contributed by atoms with E-state index in [0.717, 1.165) is 5.69 Å². The minimum absolute atomic E-state index is 0.0829. The van der Waals surface area contributed by atoms with Crippen molar-refractivity contribution < 1.29 is 9.90 Å². The average molecular weight is 260 g/mol. The number of benzene rings is 1. The zero-order chi connectivity index (χ0) is 14.0. The summed E-state index contributed by atoms with van der Waals surface area (Å²) in [6.07, 6.45) is 0. The van der Waals surface area contributed by atoms with Crippen LogP contribution >= 0.6 is 0 Å². The minimum atomic E-state index is -0.226. The summed E-state index contributed by atoms with van der Waals surface area (Å²) in [5.41, 5.74) is 8.42. The number of amides is 1. The number of carbonyl (C=O) groups excluding carboxylic acids is 1. The van der Waals surface area contributed by atoms with Gasteiger partial charge in [-0.15, -0.1) is 0 Å². The molecule has 4 N–H and O–H groups in total. The van der Waals surface area contributed by atoms with Gasteiger partial charge >= 0.3 is 0 Å². The van der Waals surface area contributed by atoms with Gasteiger partial charge in [0.1, 0.15) is 12.3 Å². The number of anilines is 2. The maximum absolute atomic E-state index is 11.9. The second kappa shape index (κ2) is 5.01. The summed E-state index contributed by atoms with van der Waals surface area (Å²) in [5.74, 6) is -0.121. The molecular formula is C13H16N4O2. The molecule has 0 aliphatic carbocycles. The smallest absolute Gasteiger partial charge is 0.246 e. The molecule has 0 atom stereocenters. The van der Waals surface area contributed by atoms with Crippen LogP contribution in [0.15, 0.2) is 24.3 Å². The lowest BCUT2D eigenvalue weighted by Crippen LogP contribution is -2.20. The fourth-order valence-electron chi connectivity index (χ4n) is 1.78. The molecule has 1 aromatic heterocycles. The van der Waals surface area contributed by atoms with Crippen molar-refractivity contribution in [2.45, 2.75) is 20.4 Å². The highest BCUT2D eigenvalue weighted by atomic mass is 16.3. The predicted octanol–water partition coefficient (Wildman–Crippen LogP) is 1.43. The standard InChI is InChI=1S/C13H16N4O2/c1-8-13(14)9(2)17(16-8)7-12(19)15-10-4-3-5-11(18)6-10/h3-6,18H,7,14H2,1-2H3,(H,15,19). The number of nitrogens with zero attached hydrogens (tertiary/aromatic N) is 2. The van der Waals surface area contributed by atoms with E-state index in [2.05, 4.69) is 10.4 Å². The minimum Gasteiger partial charge on any atom is -0.508 e. The summed E-state index contributed by atoms with van der Waals surface area (Å²) in [6.45, 7) is 3.70. The van der Waals surface area contributed by atoms with Gasteiger partial charge in [0.25, 0.3) is 0 Å². The fraction of sp³-hybridized carbons (Fsp3) is 0.231. The van der Waals surface area contributed by atoms with Crippen LogP contribution in [0.4, 0.5) is 11.4 Å². The number of aryl methyl sites for hydroxylation is 1. The van der Waals surface area contributed by atoms with E-state index in [1.807, 2.05) is 6.92 Å². The zero-order valence-corrected chi connectivity index (χ0v) is 10.8. The highest BCUT2D eigenvalue weighted by molar-refractivity contribution is 5.90. The summed E-state index contributed by atoms with van der Waals surface area (Å²) in [5, 5.41) is 16.2. The number of rotatable bonds is 3. The Labute approximate surface area is 110 Å². The highest BCUT2D eigenvalue weighted by Crippen LogP contribution is 2.17. The molecule has 1 aromatic carbocycles. The van der Waals surface area contributed by atoms with Crippen LogP contribution in [0.25, 0.3) is 0 Å². The van der Waals surface area contributed by atoms with Crippen LogP contribution in [0.5, 0.6) is 5.75 Å². The Morgan fingerprint density at radius 2 is 2.21 bits per heavy atom. The van der Waals surface area contributed by atoms with Crippen LogP contribution in [0.3, 0.4) is 0 Å². The van der Waals surface area contributed by atoms with Crippen LogP contribution in [0.2, 0.25) is 0 Å². The van der Waals surface area contributed by atoms with Crippen molar-refractivity contribution in [3.8, 4) is 5.75 Å². The van der Waals surface area contributed by atoms with Crippen molar-refractivity contribution in [1.29, 1.82) is 0 Å². The summed E-state index contributed by atoms with van der Waals surface area (Å²) >= 11 is 0. The van der Waals surface area contributed by atoms with Gasteiger partial charge < -0.3 is 16.2 Å². The van der Waals surface area contributed by atoms with Crippen molar-refractivity contribution in [1.82, 2.24) is 9.78 Å². The third-order valence-electron chi connectivity index (χ3n) is 2.86. The number of hydrogen-bond acceptors (Lipinski definition) is 4. The number of carbonyl (C=O) groups is 1. The van der Waals surface area contributed by atoms with Gasteiger partial charge in [0.05, 0.1) is 17.1 Å². The maximum Gasteiger partial charge on any atom is 0.246 e. The van der Waals surface area contributed by atoms with Crippen molar-refractivity contribution in [3.05, 3.63) is 35.7 Å². The number of phenols is 1. The molecule has 0 aliphatic heterocycles. The van der Waals surface area contributed by atoms with Crippen LogP contribution in [-0.2, 0) is 11.3 Å². The fourth-order valence-corrected chi connectivity index (χ4v) is 1.78. The Morgan fingerprint density at radius 1 is 1.47 bits per heavy atom. The molecule has 2 rings (SSSR count). The van der Waals surface area contributed by atoms with E-state index in [9.17, 15) is 9.90 Å². The lowest BCUT2D eigenvalue weighted by atomic mass is 10.3. The number of phenolic OH excluding ortho intramolecular Hbond substituents is 1. The molecular weight excluding hydrogens is 244 g/mol. The van der Waals surface area contributed by atoms with Crippen molar-refractivity contribution in [2.24, 2.45) is 0 Å². The molecule has 0 saturated carbocycles. The number of nitrogens with two attached hydrogens (primary N) is 1. The molecule has 0 saturated heterocycles. The molecule has 6 nitrogen and oxygen atoms in total. The third-order valence-corrected chi connectivity index (χ3v) is 2.86. The first kappa shape index (κ1) is 12.9. The number of aromatic hydroxyl groups is 1. The summed E-state index contributed by atoms with van der Waals surface area (Å²) in [7, 11) is 0. The van der Waals surface area contributed by atoms with Crippen molar-refractivity contribution in [3.63, 3.8) is 0 Å². The lowest BCUT2D eigenvalue weighted by molar-refractivity contribution is -0.116. The first-order valence-electron chi connectivity index (χ1n) is 5.85. The van der Waals surface area contributed by atoms with Gasteiger partial charge in [-0.3, -0.25) is 9.48 Å². The molecule has 0 radical (unpaired) electrons. The molecule has 6 heteroatoms. The number of nitrogens with one attached hydrogen (secondary N) is 1. The second-order valence-electron chi connectivity index (χ2n) is 4.34. The SMILES string of the molecule is Cc1nn(CC(=O)Nc2cccc(O)c2)c(C)c1N. The van der Waals surface area contributed by atoms with Gasteiger partial charge in [0, 0.05) is 11.8 Å². The summed E-state index contributed by atoms with van der Waals surface area (Å²) in [4.78, 5) is 11.9. The van der Waals surface area contributed by atoms with Crippen molar-refractivity contribution >= 4 is 17.3 Å². The Morgan fingerprint density at radius 3 is 2.79 bits per heavy atom. The molecule has 0 spiro atoms. The van der Waals surface area contributed by atoms with Gasteiger partial charge in [0.2, 0.25) is 5.91 Å². The van der Waals surface area contributed by atoms with E-state index >= 15 is 0 Å². The molecule has 1 heterocycles. The number of aromatic nitrogens is 2. The van der Waals surface area contributed by atoms with Gasteiger partial charge in [-0.05, 0) is 26.0 Å². The molecule has 0 bridgehead atoms. The van der Waals surface area contributed by atoms with Crippen LogP contribution < -0.4 is 11.1 Å². The third kappa shape index (κ3) is 2.85. The van der Waals surface area contributed by atoms with Gasteiger partial charge in [-0.2, -0.15) is 5.10 Å². The second-order valence-corrected chi connectivity index (χ2v) is 4.34. The van der Waals surface area contributed by atoms with Gasteiger partial charge in [-0.1, -0.05) is 6.07 Å². The van der Waals surface area contributed by atoms with Crippen LogP contribution in [0.1, 0.15) is 11.4 Å². The van der Waals surface area contributed by atoms with Crippen molar-refractivity contribution in [2.75, 3.05) is 11.1 Å². The maximum atomic E-state index is 11.9. The molecule has 1 amide bonds. The van der Waals surface area contributed by atoms with E-state index in [0.29, 0.717) is 17.1 Å². The Bertz CT molecular complexity index is 619. The normalized spacial score (nSPS) is 10.4. The van der Waals surface area contributed by atoms with E-state index in [1.54, 1.807) is 23.7 Å². The monoisotopic (exact) mass is 260 g/mol. The van der Waals surface area contributed by atoms with E-state index in [1.165, 1.54) is 12.1 Å². The van der Waals surface area contributed by atoms with E-state index in [-0.39, 0.29) is 18.2 Å². The number of hydrogen-bond donors (Lipinski definition) is 3. The number of nitrogen functional groups attached to an aromatic ring is 1. The van der Waals surface area contributed by atoms with Crippen LogP contribution in [0, 0.1) is 13.8 Å². The zero-order valence-electron chi connectivity index (χ0n) is 10.8. The molecule has 0 aliphatic rings.